The van der Waals surface area contributed by atoms with Crippen molar-refractivity contribution in [2.24, 2.45) is 0 Å². The summed E-state index contributed by atoms with van der Waals surface area (Å²) in [4.78, 5) is 0. The molecule has 0 aliphatic carbocycles. The zero-order valence-corrected chi connectivity index (χ0v) is 17.9. The highest BCUT2D eigenvalue weighted by atomic mass is 16.7. The highest BCUT2D eigenvalue weighted by Crippen LogP contribution is 2.46. The molecule has 0 aromatic heterocycles. The summed E-state index contributed by atoms with van der Waals surface area (Å²) in [6, 6.07) is 7.83. The summed E-state index contributed by atoms with van der Waals surface area (Å²) in [6.07, 6.45) is 2.47. The van der Waals surface area contributed by atoms with Crippen LogP contribution in [0.5, 0.6) is 5.75 Å². The Morgan fingerprint density at radius 3 is 1.44 bits per heavy atom. The summed E-state index contributed by atoms with van der Waals surface area (Å²) >= 11 is 0. The van der Waals surface area contributed by atoms with Gasteiger partial charge in [0.15, 0.2) is 6.29 Å². The van der Waals surface area contributed by atoms with E-state index in [1.54, 1.807) is 21.3 Å². The average molecular weight is 381 g/mol. The topological polar surface area (TPSA) is 46.2 Å². The van der Waals surface area contributed by atoms with E-state index < -0.39 is 17.5 Å². The second kappa shape index (κ2) is 9.37. The van der Waals surface area contributed by atoms with Crippen molar-refractivity contribution in [2.45, 2.75) is 83.1 Å². The Morgan fingerprint density at radius 1 is 0.741 bits per heavy atom. The summed E-state index contributed by atoms with van der Waals surface area (Å²) in [5.41, 5.74) is 0.137. The van der Waals surface area contributed by atoms with Crippen LogP contribution < -0.4 is 4.74 Å². The van der Waals surface area contributed by atoms with Gasteiger partial charge in [0.25, 0.3) is 0 Å². The van der Waals surface area contributed by atoms with Crippen molar-refractivity contribution in [1.82, 2.24) is 0 Å². The van der Waals surface area contributed by atoms with Gasteiger partial charge in [0.05, 0.1) is 18.3 Å². The molecule has 5 nitrogen and oxygen atoms in total. The van der Waals surface area contributed by atoms with E-state index in [0.717, 1.165) is 37.0 Å². The summed E-state index contributed by atoms with van der Waals surface area (Å²) in [6.45, 7) is 8.56. The minimum absolute atomic E-state index is 0.218. The highest BCUT2D eigenvalue weighted by molar-refractivity contribution is 5.28. The van der Waals surface area contributed by atoms with Gasteiger partial charge in [0, 0.05) is 19.8 Å². The quantitative estimate of drug-likeness (QED) is 0.578. The third-order valence-electron chi connectivity index (χ3n) is 6.45. The minimum atomic E-state index is -0.453. The normalized spacial score (nSPS) is 21.6. The first-order valence-electron chi connectivity index (χ1n) is 10.0. The zero-order chi connectivity index (χ0) is 20.1. The third-order valence-corrected chi connectivity index (χ3v) is 6.45. The molecule has 1 aromatic rings. The van der Waals surface area contributed by atoms with Crippen molar-refractivity contribution in [2.75, 3.05) is 21.3 Å². The first-order chi connectivity index (χ1) is 13.0. The Balaban J connectivity index is 2.43. The van der Waals surface area contributed by atoms with Crippen molar-refractivity contribution >= 4 is 0 Å². The molecule has 1 aromatic carbocycles. The van der Waals surface area contributed by atoms with Gasteiger partial charge in [-0.15, -0.1) is 0 Å². The molecule has 1 aliphatic heterocycles. The maximum Gasteiger partial charge on any atom is 0.185 e. The lowest BCUT2D eigenvalue weighted by molar-refractivity contribution is -0.162. The fraction of sp³-hybridized carbons (Fsp3) is 0.727. The van der Waals surface area contributed by atoms with Crippen LogP contribution in [0.2, 0.25) is 0 Å². The van der Waals surface area contributed by atoms with Crippen molar-refractivity contribution in [3.63, 3.8) is 0 Å². The Kier molecular flexibility index (Phi) is 7.69. The maximum absolute atomic E-state index is 6.52. The smallest absolute Gasteiger partial charge is 0.185 e. The standard InChI is InChI=1S/C22H36O5/c1-8-21(9-2,24-6)18-19(22(10-3,11-4)25-7)27-20(26-18)16-12-14-17(23-5)15-13-16/h12-15,18-20H,8-11H2,1-7H3/t18-,19-/m1/s1. The fourth-order valence-electron chi connectivity index (χ4n) is 4.27. The predicted octanol–water partition coefficient (Wildman–Crippen LogP) is 4.89. The van der Waals surface area contributed by atoms with Crippen molar-refractivity contribution in [3.05, 3.63) is 29.8 Å². The van der Waals surface area contributed by atoms with E-state index in [-0.39, 0.29) is 12.2 Å². The van der Waals surface area contributed by atoms with E-state index in [4.69, 9.17) is 23.7 Å². The molecule has 0 amide bonds. The largest absolute Gasteiger partial charge is 0.497 e. The number of ether oxygens (including phenoxy) is 5. The summed E-state index contributed by atoms with van der Waals surface area (Å²) < 4.78 is 30.3. The molecule has 0 radical (unpaired) electrons. The molecule has 1 saturated heterocycles. The lowest BCUT2D eigenvalue weighted by atomic mass is 9.78. The van der Waals surface area contributed by atoms with Crippen LogP contribution in [0.3, 0.4) is 0 Å². The van der Waals surface area contributed by atoms with Crippen LogP contribution in [0, 0.1) is 0 Å². The number of hydrogen-bond acceptors (Lipinski definition) is 5. The van der Waals surface area contributed by atoms with E-state index in [1.165, 1.54) is 0 Å². The SMILES string of the molecule is CCC(CC)(OC)[C@@H]1OC(c2ccc(OC)cc2)O[C@H]1C(CC)(CC)OC. The van der Waals surface area contributed by atoms with Gasteiger partial charge in [-0.2, -0.15) is 0 Å². The Hall–Kier alpha value is -1.14. The summed E-state index contributed by atoms with van der Waals surface area (Å²) in [5.74, 6) is 0.812. The number of methoxy groups -OCH3 is 3. The van der Waals surface area contributed by atoms with Gasteiger partial charge in [0.2, 0.25) is 0 Å². The summed E-state index contributed by atoms with van der Waals surface area (Å²) in [7, 11) is 5.19. The Bertz CT molecular complexity index is 518. The lowest BCUT2D eigenvalue weighted by Gasteiger charge is -2.44. The van der Waals surface area contributed by atoms with Gasteiger partial charge in [-0.1, -0.05) is 39.8 Å². The molecule has 2 rings (SSSR count). The number of rotatable bonds is 10. The van der Waals surface area contributed by atoms with Crippen LogP contribution in [0.25, 0.3) is 0 Å². The van der Waals surface area contributed by atoms with Gasteiger partial charge in [-0.3, -0.25) is 0 Å². The second-order valence-corrected chi connectivity index (χ2v) is 7.17. The van der Waals surface area contributed by atoms with Crippen LogP contribution >= 0.6 is 0 Å². The molecule has 2 atom stereocenters. The van der Waals surface area contributed by atoms with E-state index in [0.29, 0.717) is 0 Å². The Morgan fingerprint density at radius 2 is 1.15 bits per heavy atom. The predicted molar refractivity (Wildman–Crippen MR) is 106 cm³/mol. The van der Waals surface area contributed by atoms with Crippen LogP contribution in [0.4, 0.5) is 0 Å². The Labute approximate surface area is 164 Å². The van der Waals surface area contributed by atoms with Crippen LogP contribution in [0.15, 0.2) is 24.3 Å². The summed E-state index contributed by atoms with van der Waals surface area (Å²) in [5, 5.41) is 0. The molecule has 1 aliphatic rings. The maximum atomic E-state index is 6.52. The van der Waals surface area contributed by atoms with Gasteiger partial charge in [-0.05, 0) is 37.8 Å². The third kappa shape index (κ3) is 4.02. The van der Waals surface area contributed by atoms with Gasteiger partial charge >= 0.3 is 0 Å². The molecule has 0 spiro atoms. The molecule has 1 fully saturated rings. The van der Waals surface area contributed by atoms with Crippen molar-refractivity contribution < 1.29 is 23.7 Å². The lowest BCUT2D eigenvalue weighted by Crippen LogP contribution is -2.57. The van der Waals surface area contributed by atoms with Gasteiger partial charge in [0.1, 0.15) is 18.0 Å². The van der Waals surface area contributed by atoms with Crippen LogP contribution in [-0.2, 0) is 18.9 Å². The minimum Gasteiger partial charge on any atom is -0.497 e. The molecular weight excluding hydrogens is 344 g/mol. The molecule has 0 unspecified atom stereocenters. The number of hydrogen-bond donors (Lipinski definition) is 0. The van der Waals surface area contributed by atoms with Crippen LogP contribution in [-0.4, -0.2) is 44.7 Å². The molecule has 0 saturated carbocycles. The first kappa shape index (κ1) is 22.2. The average Bonchev–Trinajstić information content (AvgIpc) is 3.18. The van der Waals surface area contributed by atoms with E-state index in [9.17, 15) is 0 Å². The molecule has 1 heterocycles. The van der Waals surface area contributed by atoms with Gasteiger partial charge in [-0.25, -0.2) is 0 Å². The molecule has 0 N–H and O–H groups in total. The number of benzene rings is 1. The van der Waals surface area contributed by atoms with Gasteiger partial charge < -0.3 is 23.7 Å². The zero-order valence-electron chi connectivity index (χ0n) is 17.9. The van der Waals surface area contributed by atoms with E-state index in [1.807, 2.05) is 24.3 Å². The van der Waals surface area contributed by atoms with Crippen molar-refractivity contribution in [3.8, 4) is 5.75 Å². The molecule has 154 valence electrons. The van der Waals surface area contributed by atoms with E-state index >= 15 is 0 Å². The van der Waals surface area contributed by atoms with E-state index in [2.05, 4.69) is 27.7 Å². The van der Waals surface area contributed by atoms with Crippen LogP contribution in [0.1, 0.15) is 65.2 Å². The molecule has 0 bridgehead atoms. The fourth-order valence-corrected chi connectivity index (χ4v) is 4.27. The monoisotopic (exact) mass is 380 g/mol. The molecule has 5 heteroatoms. The molecule has 27 heavy (non-hydrogen) atoms. The van der Waals surface area contributed by atoms with Crippen molar-refractivity contribution in [1.29, 1.82) is 0 Å². The second-order valence-electron chi connectivity index (χ2n) is 7.17. The molecular formula is C22H36O5. The highest BCUT2D eigenvalue weighted by Gasteiger charge is 2.56. The first-order valence-corrected chi connectivity index (χ1v) is 10.0.